The third-order valence-corrected chi connectivity index (χ3v) is 4.22. The first kappa shape index (κ1) is 12.9. The summed E-state index contributed by atoms with van der Waals surface area (Å²) in [6.45, 7) is 2.95. The van der Waals surface area contributed by atoms with E-state index in [2.05, 4.69) is 21.2 Å². The van der Waals surface area contributed by atoms with Gasteiger partial charge in [-0.3, -0.25) is 0 Å². The average molecular weight is 300 g/mol. The van der Waals surface area contributed by atoms with Gasteiger partial charge in [-0.1, -0.05) is 25.7 Å². The molecule has 3 heteroatoms. The number of rotatable bonds is 4. The molecule has 1 nitrogen and oxygen atoms in total. The van der Waals surface area contributed by atoms with Gasteiger partial charge in [-0.15, -0.1) is 0 Å². The second kappa shape index (κ2) is 5.85. The third-order valence-electron chi connectivity index (χ3n) is 3.61. The highest BCUT2D eigenvalue weighted by Crippen LogP contribution is 2.28. The molecule has 0 unspecified atom stereocenters. The van der Waals surface area contributed by atoms with E-state index in [0.717, 1.165) is 23.7 Å². The Balaban J connectivity index is 1.87. The largest absolute Gasteiger partial charge is 0.385 e. The Morgan fingerprint density at radius 1 is 1.35 bits per heavy atom. The molecule has 17 heavy (non-hydrogen) atoms. The molecule has 0 bridgehead atoms. The van der Waals surface area contributed by atoms with Crippen molar-refractivity contribution in [2.45, 2.75) is 39.0 Å². The van der Waals surface area contributed by atoms with Crippen molar-refractivity contribution in [1.29, 1.82) is 0 Å². The monoisotopic (exact) mass is 299 g/mol. The average Bonchev–Trinajstić information content (AvgIpc) is 2.78. The van der Waals surface area contributed by atoms with Gasteiger partial charge in [-0.2, -0.15) is 0 Å². The zero-order valence-corrected chi connectivity index (χ0v) is 11.8. The third kappa shape index (κ3) is 3.44. The van der Waals surface area contributed by atoms with Crippen molar-refractivity contribution in [3.05, 3.63) is 28.0 Å². The van der Waals surface area contributed by atoms with Crippen LogP contribution in [-0.4, -0.2) is 6.54 Å². The van der Waals surface area contributed by atoms with Gasteiger partial charge in [-0.25, -0.2) is 4.39 Å². The molecular weight excluding hydrogens is 281 g/mol. The van der Waals surface area contributed by atoms with E-state index in [-0.39, 0.29) is 5.82 Å². The fourth-order valence-corrected chi connectivity index (χ4v) is 3.00. The molecule has 94 valence electrons. The zero-order chi connectivity index (χ0) is 12.3. The maximum Gasteiger partial charge on any atom is 0.139 e. The molecule has 0 aromatic heterocycles. The second-order valence-electron chi connectivity index (χ2n) is 4.95. The van der Waals surface area contributed by atoms with E-state index < -0.39 is 0 Å². The van der Waals surface area contributed by atoms with Crippen LogP contribution in [0.3, 0.4) is 0 Å². The highest BCUT2D eigenvalue weighted by atomic mass is 79.9. The van der Waals surface area contributed by atoms with Gasteiger partial charge in [0.1, 0.15) is 5.82 Å². The van der Waals surface area contributed by atoms with E-state index in [1.165, 1.54) is 32.1 Å². The molecule has 1 fully saturated rings. The number of anilines is 1. The second-order valence-corrected chi connectivity index (χ2v) is 5.80. The first-order chi connectivity index (χ1) is 8.16. The lowest BCUT2D eigenvalue weighted by Crippen LogP contribution is -2.07. The van der Waals surface area contributed by atoms with Gasteiger partial charge >= 0.3 is 0 Å². The van der Waals surface area contributed by atoms with E-state index in [1.807, 2.05) is 13.0 Å². The van der Waals surface area contributed by atoms with Crippen molar-refractivity contribution in [2.75, 3.05) is 11.9 Å². The zero-order valence-electron chi connectivity index (χ0n) is 10.2. The van der Waals surface area contributed by atoms with Crippen LogP contribution in [0.15, 0.2) is 16.6 Å². The molecule has 1 aliphatic rings. The molecule has 1 N–H and O–H groups in total. The van der Waals surface area contributed by atoms with Crippen LogP contribution in [-0.2, 0) is 0 Å². The summed E-state index contributed by atoms with van der Waals surface area (Å²) in [4.78, 5) is 0. The first-order valence-corrected chi connectivity index (χ1v) is 7.15. The molecule has 1 aliphatic carbocycles. The first-order valence-electron chi connectivity index (χ1n) is 6.36. The Morgan fingerprint density at radius 2 is 2.06 bits per heavy atom. The summed E-state index contributed by atoms with van der Waals surface area (Å²) in [7, 11) is 0. The minimum absolute atomic E-state index is 0.195. The smallest absolute Gasteiger partial charge is 0.139 e. The quantitative estimate of drug-likeness (QED) is 0.835. The number of benzene rings is 1. The maximum atomic E-state index is 13.4. The predicted molar refractivity (Wildman–Crippen MR) is 73.9 cm³/mol. The number of nitrogens with one attached hydrogen (secondary N) is 1. The number of halogens is 2. The number of hydrogen-bond donors (Lipinski definition) is 1. The Bertz CT molecular complexity index is 386. The minimum atomic E-state index is -0.195. The van der Waals surface area contributed by atoms with Crippen LogP contribution < -0.4 is 5.32 Å². The van der Waals surface area contributed by atoms with Gasteiger partial charge in [0.15, 0.2) is 0 Å². The predicted octanol–water partition coefficient (Wildman–Crippen LogP) is 4.89. The molecule has 0 spiro atoms. The normalized spacial score (nSPS) is 16.4. The van der Waals surface area contributed by atoms with E-state index in [9.17, 15) is 4.39 Å². The van der Waals surface area contributed by atoms with Crippen molar-refractivity contribution in [1.82, 2.24) is 0 Å². The lowest BCUT2D eigenvalue weighted by molar-refractivity contribution is 0.518. The van der Waals surface area contributed by atoms with E-state index in [0.29, 0.717) is 4.47 Å². The van der Waals surface area contributed by atoms with Crippen molar-refractivity contribution in [3.8, 4) is 0 Å². The molecular formula is C14H19BrFN. The Labute approximate surface area is 111 Å². The number of hydrogen-bond acceptors (Lipinski definition) is 1. The molecule has 2 rings (SSSR count). The Kier molecular flexibility index (Phi) is 4.43. The van der Waals surface area contributed by atoms with Crippen LogP contribution in [0.5, 0.6) is 0 Å². The van der Waals surface area contributed by atoms with Crippen LogP contribution >= 0.6 is 15.9 Å². The van der Waals surface area contributed by atoms with Crippen LogP contribution in [0, 0.1) is 18.7 Å². The molecule has 0 saturated heterocycles. The molecule has 1 aromatic carbocycles. The highest BCUT2D eigenvalue weighted by molar-refractivity contribution is 9.10. The summed E-state index contributed by atoms with van der Waals surface area (Å²) in [5.74, 6) is 0.682. The summed E-state index contributed by atoms with van der Waals surface area (Å²) >= 11 is 3.20. The van der Waals surface area contributed by atoms with E-state index in [1.54, 1.807) is 6.07 Å². The van der Waals surface area contributed by atoms with Gasteiger partial charge in [0.05, 0.1) is 4.47 Å². The van der Waals surface area contributed by atoms with E-state index >= 15 is 0 Å². The summed E-state index contributed by atoms with van der Waals surface area (Å²) < 4.78 is 13.9. The number of aryl methyl sites for hydroxylation is 1. The summed E-state index contributed by atoms with van der Waals surface area (Å²) in [5.41, 5.74) is 2.01. The van der Waals surface area contributed by atoms with Gasteiger partial charge in [0, 0.05) is 12.2 Å². The topological polar surface area (TPSA) is 12.0 Å². The van der Waals surface area contributed by atoms with Gasteiger partial charge in [0.2, 0.25) is 0 Å². The van der Waals surface area contributed by atoms with Crippen molar-refractivity contribution in [3.63, 3.8) is 0 Å². The van der Waals surface area contributed by atoms with Crippen LogP contribution in [0.2, 0.25) is 0 Å². The Hall–Kier alpha value is -0.570. The standard InChI is InChI=1S/C14H19BrFN/c1-10-8-12(15)13(16)9-14(10)17-7-6-11-4-2-3-5-11/h8-9,11,17H,2-7H2,1H3. The maximum absolute atomic E-state index is 13.4. The molecule has 1 saturated carbocycles. The molecule has 0 radical (unpaired) electrons. The van der Waals surface area contributed by atoms with Crippen molar-refractivity contribution >= 4 is 21.6 Å². The van der Waals surface area contributed by atoms with Gasteiger partial charge in [-0.05, 0) is 52.9 Å². The summed E-state index contributed by atoms with van der Waals surface area (Å²) in [6.07, 6.45) is 6.72. The fourth-order valence-electron chi connectivity index (χ4n) is 2.55. The molecule has 1 aromatic rings. The summed E-state index contributed by atoms with van der Waals surface area (Å²) in [5, 5.41) is 3.35. The van der Waals surface area contributed by atoms with Crippen LogP contribution in [0.4, 0.5) is 10.1 Å². The lowest BCUT2D eigenvalue weighted by atomic mass is 10.0. The lowest BCUT2D eigenvalue weighted by Gasteiger charge is -2.13. The fraction of sp³-hybridized carbons (Fsp3) is 0.571. The Morgan fingerprint density at radius 3 is 2.76 bits per heavy atom. The molecule has 0 heterocycles. The molecule has 0 amide bonds. The molecule has 0 atom stereocenters. The van der Waals surface area contributed by atoms with Crippen LogP contribution in [0.1, 0.15) is 37.7 Å². The molecule has 0 aliphatic heterocycles. The van der Waals surface area contributed by atoms with Crippen molar-refractivity contribution < 1.29 is 4.39 Å². The van der Waals surface area contributed by atoms with Gasteiger partial charge < -0.3 is 5.32 Å². The van der Waals surface area contributed by atoms with Gasteiger partial charge in [0.25, 0.3) is 0 Å². The van der Waals surface area contributed by atoms with Crippen LogP contribution in [0.25, 0.3) is 0 Å². The SMILES string of the molecule is Cc1cc(Br)c(F)cc1NCCC1CCCC1. The van der Waals surface area contributed by atoms with E-state index in [4.69, 9.17) is 0 Å². The van der Waals surface area contributed by atoms with Crippen molar-refractivity contribution in [2.24, 2.45) is 5.92 Å². The minimum Gasteiger partial charge on any atom is -0.385 e. The highest BCUT2D eigenvalue weighted by Gasteiger charge is 2.14. The summed E-state index contributed by atoms with van der Waals surface area (Å²) in [6, 6.07) is 3.40.